The Morgan fingerprint density at radius 3 is 2.35 bits per heavy atom. The van der Waals surface area contributed by atoms with Gasteiger partial charge in [0, 0.05) is 6.04 Å². The van der Waals surface area contributed by atoms with Gasteiger partial charge in [-0.2, -0.15) is 5.10 Å². The summed E-state index contributed by atoms with van der Waals surface area (Å²) in [6.45, 7) is 5.93. The molecule has 0 radical (unpaired) electrons. The Bertz CT molecular complexity index is 499. The Hall–Kier alpha value is -1.68. The highest BCUT2D eigenvalue weighted by Gasteiger charge is 2.06. The summed E-state index contributed by atoms with van der Waals surface area (Å²) in [5, 5.41) is 4.35. The van der Waals surface area contributed by atoms with Crippen molar-refractivity contribution in [3.63, 3.8) is 0 Å². The average molecular weight is 230 g/mol. The van der Waals surface area contributed by atoms with Crippen LogP contribution in [0.3, 0.4) is 0 Å². The quantitative estimate of drug-likeness (QED) is 0.880. The average Bonchev–Trinajstić information content (AvgIpc) is 2.68. The molecule has 0 aliphatic heterocycles. The maximum atomic E-state index is 5.98. The van der Waals surface area contributed by atoms with E-state index in [1.165, 1.54) is 0 Å². The van der Waals surface area contributed by atoms with Gasteiger partial charge >= 0.3 is 0 Å². The SMILES string of the molecule is CC[C@@H](N)c1ccc(-n2nc(C)nc2C)cc1. The minimum atomic E-state index is 0.114. The number of aryl methyl sites for hydroxylation is 2. The van der Waals surface area contributed by atoms with Gasteiger partial charge in [-0.1, -0.05) is 19.1 Å². The smallest absolute Gasteiger partial charge is 0.148 e. The summed E-state index contributed by atoms with van der Waals surface area (Å²) in [4.78, 5) is 4.29. The van der Waals surface area contributed by atoms with Crippen molar-refractivity contribution >= 4 is 0 Å². The van der Waals surface area contributed by atoms with Crippen LogP contribution in [-0.2, 0) is 0 Å². The van der Waals surface area contributed by atoms with Gasteiger partial charge in [-0.25, -0.2) is 9.67 Å². The molecule has 2 N–H and O–H groups in total. The zero-order chi connectivity index (χ0) is 12.4. The molecule has 0 bridgehead atoms. The lowest BCUT2D eigenvalue weighted by Gasteiger charge is -2.10. The van der Waals surface area contributed by atoms with E-state index in [2.05, 4.69) is 29.1 Å². The molecule has 0 saturated heterocycles. The third-order valence-corrected chi connectivity index (χ3v) is 2.88. The van der Waals surface area contributed by atoms with Crippen LogP contribution in [0.4, 0.5) is 0 Å². The van der Waals surface area contributed by atoms with E-state index in [0.29, 0.717) is 0 Å². The lowest BCUT2D eigenvalue weighted by atomic mass is 10.1. The number of nitrogens with two attached hydrogens (primary N) is 1. The molecule has 1 atom stereocenters. The molecule has 0 amide bonds. The molecule has 90 valence electrons. The first-order chi connectivity index (χ1) is 8.11. The minimum absolute atomic E-state index is 0.114. The highest BCUT2D eigenvalue weighted by Crippen LogP contribution is 2.16. The largest absolute Gasteiger partial charge is 0.324 e. The van der Waals surface area contributed by atoms with E-state index in [4.69, 9.17) is 5.73 Å². The maximum Gasteiger partial charge on any atom is 0.148 e. The van der Waals surface area contributed by atoms with Crippen molar-refractivity contribution in [2.75, 3.05) is 0 Å². The first-order valence-corrected chi connectivity index (χ1v) is 5.88. The number of benzene rings is 1. The van der Waals surface area contributed by atoms with E-state index in [1.807, 2.05) is 30.7 Å². The third-order valence-electron chi connectivity index (χ3n) is 2.88. The van der Waals surface area contributed by atoms with Gasteiger partial charge < -0.3 is 5.73 Å². The molecule has 0 saturated carbocycles. The Kier molecular flexibility index (Phi) is 3.24. The molecule has 4 heteroatoms. The number of aromatic nitrogens is 3. The van der Waals surface area contributed by atoms with Crippen LogP contribution in [0.2, 0.25) is 0 Å². The van der Waals surface area contributed by atoms with Gasteiger partial charge in [0.1, 0.15) is 11.6 Å². The zero-order valence-corrected chi connectivity index (χ0v) is 10.5. The molecule has 0 fully saturated rings. The monoisotopic (exact) mass is 230 g/mol. The van der Waals surface area contributed by atoms with Crippen LogP contribution in [0.5, 0.6) is 0 Å². The topological polar surface area (TPSA) is 56.7 Å². The minimum Gasteiger partial charge on any atom is -0.324 e. The van der Waals surface area contributed by atoms with Crippen LogP contribution in [0.15, 0.2) is 24.3 Å². The molecular formula is C13H18N4. The van der Waals surface area contributed by atoms with Gasteiger partial charge in [0.2, 0.25) is 0 Å². The molecule has 1 heterocycles. The van der Waals surface area contributed by atoms with Crippen molar-refractivity contribution < 1.29 is 0 Å². The fraction of sp³-hybridized carbons (Fsp3) is 0.385. The Morgan fingerprint density at radius 2 is 1.88 bits per heavy atom. The molecule has 0 spiro atoms. The normalized spacial score (nSPS) is 12.7. The molecule has 1 aromatic carbocycles. The number of rotatable bonds is 3. The predicted octanol–water partition coefficient (Wildman–Crippen LogP) is 2.29. The lowest BCUT2D eigenvalue weighted by molar-refractivity contribution is 0.698. The van der Waals surface area contributed by atoms with Crippen LogP contribution >= 0.6 is 0 Å². The molecule has 0 aliphatic rings. The fourth-order valence-corrected chi connectivity index (χ4v) is 1.86. The zero-order valence-electron chi connectivity index (χ0n) is 10.5. The summed E-state index contributed by atoms with van der Waals surface area (Å²) in [5.74, 6) is 1.69. The van der Waals surface area contributed by atoms with Gasteiger partial charge in [-0.15, -0.1) is 0 Å². The van der Waals surface area contributed by atoms with Crippen LogP contribution in [0.1, 0.15) is 36.6 Å². The highest BCUT2D eigenvalue weighted by molar-refractivity contribution is 5.35. The van der Waals surface area contributed by atoms with Gasteiger partial charge in [0.25, 0.3) is 0 Å². The summed E-state index contributed by atoms with van der Waals surface area (Å²) >= 11 is 0. The standard InChI is InChI=1S/C13H18N4/c1-4-13(14)11-5-7-12(8-6-11)17-10(3)15-9(2)16-17/h5-8,13H,4,14H2,1-3H3/t13-/m1/s1. The van der Waals surface area contributed by atoms with Crippen LogP contribution in [0.25, 0.3) is 5.69 Å². The van der Waals surface area contributed by atoms with Gasteiger partial charge in [-0.3, -0.25) is 0 Å². The summed E-state index contributed by atoms with van der Waals surface area (Å²) in [6.07, 6.45) is 0.945. The van der Waals surface area contributed by atoms with Gasteiger partial charge in [-0.05, 0) is 38.0 Å². The number of hydrogen-bond donors (Lipinski definition) is 1. The second-order valence-electron chi connectivity index (χ2n) is 4.22. The molecule has 0 unspecified atom stereocenters. The van der Waals surface area contributed by atoms with Crippen LogP contribution < -0.4 is 5.73 Å². The van der Waals surface area contributed by atoms with E-state index in [0.717, 1.165) is 29.3 Å². The van der Waals surface area contributed by atoms with E-state index in [-0.39, 0.29) is 6.04 Å². The van der Waals surface area contributed by atoms with E-state index in [1.54, 1.807) is 0 Å². The third kappa shape index (κ3) is 2.36. The molecule has 17 heavy (non-hydrogen) atoms. The van der Waals surface area contributed by atoms with Crippen molar-refractivity contribution in [2.24, 2.45) is 5.73 Å². The van der Waals surface area contributed by atoms with Gasteiger partial charge in [0.15, 0.2) is 0 Å². The predicted molar refractivity (Wildman–Crippen MR) is 68.1 cm³/mol. The van der Waals surface area contributed by atoms with Gasteiger partial charge in [0.05, 0.1) is 5.69 Å². The Balaban J connectivity index is 2.32. The molecule has 4 nitrogen and oxygen atoms in total. The fourth-order valence-electron chi connectivity index (χ4n) is 1.86. The first-order valence-electron chi connectivity index (χ1n) is 5.88. The van der Waals surface area contributed by atoms with E-state index in [9.17, 15) is 0 Å². The van der Waals surface area contributed by atoms with Crippen LogP contribution in [-0.4, -0.2) is 14.8 Å². The van der Waals surface area contributed by atoms with Crippen molar-refractivity contribution in [1.82, 2.24) is 14.8 Å². The van der Waals surface area contributed by atoms with Crippen molar-refractivity contribution in [2.45, 2.75) is 33.2 Å². The Morgan fingerprint density at radius 1 is 1.24 bits per heavy atom. The number of nitrogens with zero attached hydrogens (tertiary/aromatic N) is 3. The molecule has 2 aromatic rings. The summed E-state index contributed by atoms with van der Waals surface area (Å²) in [5.41, 5.74) is 8.16. The van der Waals surface area contributed by atoms with Crippen molar-refractivity contribution in [1.29, 1.82) is 0 Å². The van der Waals surface area contributed by atoms with Crippen LogP contribution in [0, 0.1) is 13.8 Å². The van der Waals surface area contributed by atoms with Crippen molar-refractivity contribution in [3.05, 3.63) is 41.5 Å². The number of hydrogen-bond acceptors (Lipinski definition) is 3. The molecule has 1 aromatic heterocycles. The summed E-state index contributed by atoms with van der Waals surface area (Å²) < 4.78 is 1.84. The molecule has 2 rings (SSSR count). The first kappa shape index (κ1) is 11.8. The molecular weight excluding hydrogens is 212 g/mol. The summed E-state index contributed by atoms with van der Waals surface area (Å²) in [7, 11) is 0. The Labute approximate surface area is 101 Å². The van der Waals surface area contributed by atoms with E-state index < -0.39 is 0 Å². The lowest BCUT2D eigenvalue weighted by Crippen LogP contribution is -2.08. The molecule has 0 aliphatic carbocycles. The maximum absolute atomic E-state index is 5.98. The second kappa shape index (κ2) is 4.67. The highest BCUT2D eigenvalue weighted by atomic mass is 15.3. The van der Waals surface area contributed by atoms with Crippen molar-refractivity contribution in [3.8, 4) is 5.69 Å². The summed E-state index contributed by atoms with van der Waals surface area (Å²) in [6, 6.07) is 8.29. The van der Waals surface area contributed by atoms with E-state index >= 15 is 0 Å². The second-order valence-corrected chi connectivity index (χ2v) is 4.22.